The predicted octanol–water partition coefficient (Wildman–Crippen LogP) is 0.545. The molecule has 18 heavy (non-hydrogen) atoms. The Kier molecular flexibility index (Phi) is 7.23. The van der Waals surface area contributed by atoms with E-state index in [1.807, 2.05) is 0 Å². The largest absolute Gasteiger partial charge is 0.382 e. The van der Waals surface area contributed by atoms with E-state index in [4.69, 9.17) is 9.47 Å². The molecule has 1 saturated heterocycles. The number of piperidine rings is 1. The van der Waals surface area contributed by atoms with E-state index in [0.717, 1.165) is 32.5 Å². The van der Waals surface area contributed by atoms with Gasteiger partial charge in [0, 0.05) is 20.1 Å². The molecule has 0 aromatic heterocycles. The van der Waals surface area contributed by atoms with Crippen molar-refractivity contribution >= 4 is 5.91 Å². The summed E-state index contributed by atoms with van der Waals surface area (Å²) in [6, 6.07) is 0. The van der Waals surface area contributed by atoms with Gasteiger partial charge in [-0.05, 0) is 31.3 Å². The van der Waals surface area contributed by atoms with Crippen molar-refractivity contribution in [1.82, 2.24) is 10.6 Å². The van der Waals surface area contributed by atoms with Crippen LogP contribution in [0.4, 0.5) is 0 Å². The molecule has 0 bridgehead atoms. The van der Waals surface area contributed by atoms with E-state index in [1.54, 1.807) is 7.11 Å². The van der Waals surface area contributed by atoms with Crippen LogP contribution >= 0.6 is 0 Å². The van der Waals surface area contributed by atoms with E-state index in [-0.39, 0.29) is 11.3 Å². The molecule has 1 rings (SSSR count). The molecule has 0 radical (unpaired) electrons. The minimum atomic E-state index is 0.0761. The minimum absolute atomic E-state index is 0.0761. The Balaban J connectivity index is 2.05. The van der Waals surface area contributed by atoms with E-state index in [9.17, 15) is 4.79 Å². The molecule has 0 spiro atoms. The van der Waals surface area contributed by atoms with Crippen LogP contribution in [0.3, 0.4) is 0 Å². The Morgan fingerprint density at radius 3 is 2.67 bits per heavy atom. The van der Waals surface area contributed by atoms with Crippen LogP contribution in [-0.2, 0) is 14.3 Å². The minimum Gasteiger partial charge on any atom is -0.382 e. The van der Waals surface area contributed by atoms with Gasteiger partial charge in [0.1, 0.15) is 0 Å². The number of ether oxygens (including phenoxy) is 2. The summed E-state index contributed by atoms with van der Waals surface area (Å²) >= 11 is 0. The number of carbonyl (C=O) groups is 1. The lowest BCUT2D eigenvalue weighted by Gasteiger charge is -2.34. The van der Waals surface area contributed by atoms with Gasteiger partial charge in [-0.2, -0.15) is 0 Å². The first-order valence-corrected chi connectivity index (χ1v) is 6.70. The van der Waals surface area contributed by atoms with Gasteiger partial charge in [0.2, 0.25) is 5.91 Å². The fraction of sp³-hybridized carbons (Fsp3) is 0.923. The van der Waals surface area contributed by atoms with Crippen molar-refractivity contribution in [2.75, 3.05) is 46.6 Å². The Morgan fingerprint density at radius 1 is 1.28 bits per heavy atom. The topological polar surface area (TPSA) is 59.6 Å². The molecule has 2 N–H and O–H groups in total. The summed E-state index contributed by atoms with van der Waals surface area (Å²) in [6.07, 6.45) is 2.67. The van der Waals surface area contributed by atoms with E-state index >= 15 is 0 Å². The number of nitrogens with one attached hydrogen (secondary N) is 2. The van der Waals surface area contributed by atoms with Crippen LogP contribution in [0.15, 0.2) is 0 Å². The second-order valence-electron chi connectivity index (χ2n) is 5.19. The van der Waals surface area contributed by atoms with Crippen molar-refractivity contribution in [1.29, 1.82) is 0 Å². The SMILES string of the molecule is COCCOCCC(=O)NCC1(C)CCNCC1. The highest BCUT2D eigenvalue weighted by molar-refractivity contribution is 5.75. The van der Waals surface area contributed by atoms with E-state index < -0.39 is 0 Å². The lowest BCUT2D eigenvalue weighted by Crippen LogP contribution is -2.43. The molecule has 0 saturated carbocycles. The molecule has 0 unspecified atom stereocenters. The van der Waals surface area contributed by atoms with Gasteiger partial charge in [-0.15, -0.1) is 0 Å². The van der Waals surface area contributed by atoms with Crippen molar-refractivity contribution in [3.63, 3.8) is 0 Å². The summed E-state index contributed by atoms with van der Waals surface area (Å²) in [4.78, 5) is 11.6. The first kappa shape index (κ1) is 15.4. The maximum Gasteiger partial charge on any atom is 0.222 e. The fourth-order valence-electron chi connectivity index (χ4n) is 2.02. The third-order valence-corrected chi connectivity index (χ3v) is 3.43. The van der Waals surface area contributed by atoms with Crippen molar-refractivity contribution in [2.24, 2.45) is 5.41 Å². The zero-order valence-electron chi connectivity index (χ0n) is 11.6. The number of rotatable bonds is 8. The van der Waals surface area contributed by atoms with Gasteiger partial charge in [-0.1, -0.05) is 6.92 Å². The van der Waals surface area contributed by atoms with Crippen LogP contribution in [0.1, 0.15) is 26.2 Å². The van der Waals surface area contributed by atoms with Gasteiger partial charge in [0.25, 0.3) is 0 Å². The van der Waals surface area contributed by atoms with Crippen molar-refractivity contribution in [3.05, 3.63) is 0 Å². The van der Waals surface area contributed by atoms with Gasteiger partial charge >= 0.3 is 0 Å². The van der Waals surface area contributed by atoms with Gasteiger partial charge in [-0.25, -0.2) is 0 Å². The van der Waals surface area contributed by atoms with Crippen LogP contribution in [0, 0.1) is 5.41 Å². The average molecular weight is 258 g/mol. The molecule has 0 aliphatic carbocycles. The molecule has 1 aliphatic rings. The van der Waals surface area contributed by atoms with Crippen molar-refractivity contribution in [3.8, 4) is 0 Å². The van der Waals surface area contributed by atoms with Crippen LogP contribution < -0.4 is 10.6 Å². The maximum atomic E-state index is 11.6. The van der Waals surface area contributed by atoms with E-state index in [2.05, 4.69) is 17.6 Å². The van der Waals surface area contributed by atoms with Gasteiger partial charge in [0.15, 0.2) is 0 Å². The summed E-state index contributed by atoms with van der Waals surface area (Å²) in [7, 11) is 1.63. The second-order valence-corrected chi connectivity index (χ2v) is 5.19. The van der Waals surface area contributed by atoms with E-state index in [1.165, 1.54) is 0 Å². The second kappa shape index (κ2) is 8.45. The first-order valence-electron chi connectivity index (χ1n) is 6.70. The molecule has 1 fully saturated rings. The zero-order chi connectivity index (χ0) is 13.3. The lowest BCUT2D eigenvalue weighted by molar-refractivity contribution is -0.122. The molecule has 1 amide bonds. The molecule has 0 aromatic rings. The number of carbonyl (C=O) groups excluding carboxylic acids is 1. The van der Waals surface area contributed by atoms with Crippen LogP contribution in [0.5, 0.6) is 0 Å². The quantitative estimate of drug-likeness (QED) is 0.624. The predicted molar refractivity (Wildman–Crippen MR) is 70.5 cm³/mol. The third kappa shape index (κ3) is 6.33. The van der Waals surface area contributed by atoms with E-state index in [0.29, 0.717) is 26.2 Å². The monoisotopic (exact) mass is 258 g/mol. The van der Waals surface area contributed by atoms with Crippen LogP contribution in [0.25, 0.3) is 0 Å². The zero-order valence-corrected chi connectivity index (χ0v) is 11.6. The highest BCUT2D eigenvalue weighted by Gasteiger charge is 2.26. The Hall–Kier alpha value is -0.650. The van der Waals surface area contributed by atoms with Crippen molar-refractivity contribution < 1.29 is 14.3 Å². The Bertz CT molecular complexity index is 240. The molecular weight excluding hydrogens is 232 g/mol. The first-order chi connectivity index (χ1) is 8.66. The number of amides is 1. The Labute approximate surface area is 110 Å². The molecule has 0 aromatic carbocycles. The molecule has 0 atom stereocenters. The van der Waals surface area contributed by atoms with Gasteiger partial charge in [-0.3, -0.25) is 4.79 Å². The number of hydrogen-bond acceptors (Lipinski definition) is 4. The average Bonchev–Trinajstić information content (AvgIpc) is 2.37. The van der Waals surface area contributed by atoms with Crippen LogP contribution in [0.2, 0.25) is 0 Å². The highest BCUT2D eigenvalue weighted by atomic mass is 16.5. The maximum absolute atomic E-state index is 11.6. The summed E-state index contributed by atoms with van der Waals surface area (Å²) in [5, 5.41) is 6.34. The standard InChI is InChI=1S/C13H26N2O3/c1-13(4-6-14-7-5-13)11-15-12(16)3-8-18-10-9-17-2/h14H,3-11H2,1-2H3,(H,15,16). The molecular formula is C13H26N2O3. The van der Waals surface area contributed by atoms with Crippen LogP contribution in [-0.4, -0.2) is 52.5 Å². The number of methoxy groups -OCH3 is 1. The number of hydrogen-bond donors (Lipinski definition) is 2. The summed E-state index contributed by atoms with van der Waals surface area (Å²) in [5.74, 6) is 0.0761. The summed E-state index contributed by atoms with van der Waals surface area (Å²) in [6.45, 7) is 6.70. The summed E-state index contributed by atoms with van der Waals surface area (Å²) < 4.78 is 10.1. The smallest absolute Gasteiger partial charge is 0.222 e. The molecule has 5 nitrogen and oxygen atoms in total. The molecule has 106 valence electrons. The lowest BCUT2D eigenvalue weighted by atomic mass is 9.81. The fourth-order valence-corrected chi connectivity index (χ4v) is 2.02. The Morgan fingerprint density at radius 2 is 2.00 bits per heavy atom. The van der Waals surface area contributed by atoms with Gasteiger partial charge < -0.3 is 20.1 Å². The normalized spacial score (nSPS) is 18.6. The third-order valence-electron chi connectivity index (χ3n) is 3.43. The molecule has 1 heterocycles. The highest BCUT2D eigenvalue weighted by Crippen LogP contribution is 2.26. The van der Waals surface area contributed by atoms with Crippen molar-refractivity contribution in [2.45, 2.75) is 26.2 Å². The summed E-state index contributed by atoms with van der Waals surface area (Å²) in [5.41, 5.74) is 0.248. The molecule has 1 aliphatic heterocycles. The van der Waals surface area contributed by atoms with Gasteiger partial charge in [0.05, 0.1) is 19.8 Å². The molecule has 5 heteroatoms.